The molecule has 2 aliphatic heterocycles. The molecule has 0 radical (unpaired) electrons. The first-order valence-electron chi connectivity index (χ1n) is 8.87. The molecule has 2 saturated heterocycles. The molecule has 4 nitrogen and oxygen atoms in total. The van der Waals surface area contributed by atoms with Crippen molar-refractivity contribution < 1.29 is 9.90 Å². The standard InChI is InChI=1S/C17H32N2O2/c1-2-3-4-5-8-19(9-10-20)17(21)13-14-11-15-6-7-16(12-14)18-15/h14-16,18,20H,2-13H2,1H3. The van der Waals surface area contributed by atoms with Crippen molar-refractivity contribution in [3.63, 3.8) is 0 Å². The summed E-state index contributed by atoms with van der Waals surface area (Å²) in [5.74, 6) is 0.805. The van der Waals surface area contributed by atoms with Crippen LogP contribution in [0.4, 0.5) is 0 Å². The summed E-state index contributed by atoms with van der Waals surface area (Å²) in [5, 5.41) is 12.8. The second kappa shape index (κ2) is 8.74. The van der Waals surface area contributed by atoms with Gasteiger partial charge < -0.3 is 15.3 Å². The van der Waals surface area contributed by atoms with E-state index in [0.717, 1.165) is 25.8 Å². The van der Waals surface area contributed by atoms with E-state index in [9.17, 15) is 9.90 Å². The summed E-state index contributed by atoms with van der Waals surface area (Å²) in [5.41, 5.74) is 0. The molecule has 21 heavy (non-hydrogen) atoms. The average molecular weight is 296 g/mol. The van der Waals surface area contributed by atoms with Crippen LogP contribution in [0.15, 0.2) is 0 Å². The molecule has 2 bridgehead atoms. The predicted octanol–water partition coefficient (Wildman–Crippen LogP) is 2.31. The molecular formula is C17H32N2O2. The molecule has 2 fully saturated rings. The molecule has 1 amide bonds. The van der Waals surface area contributed by atoms with Gasteiger partial charge in [0.05, 0.1) is 6.61 Å². The first-order chi connectivity index (χ1) is 10.2. The number of aliphatic hydroxyl groups excluding tert-OH is 1. The molecule has 2 atom stereocenters. The minimum atomic E-state index is 0.0803. The maximum Gasteiger partial charge on any atom is 0.222 e. The zero-order valence-corrected chi connectivity index (χ0v) is 13.5. The van der Waals surface area contributed by atoms with Crippen LogP contribution in [0.3, 0.4) is 0 Å². The van der Waals surface area contributed by atoms with E-state index in [1.807, 2.05) is 4.90 Å². The topological polar surface area (TPSA) is 52.6 Å². The predicted molar refractivity (Wildman–Crippen MR) is 85.1 cm³/mol. The van der Waals surface area contributed by atoms with Gasteiger partial charge in [-0.15, -0.1) is 0 Å². The van der Waals surface area contributed by atoms with E-state index in [1.54, 1.807) is 0 Å². The van der Waals surface area contributed by atoms with Crippen LogP contribution in [0.2, 0.25) is 0 Å². The van der Waals surface area contributed by atoms with E-state index in [-0.39, 0.29) is 12.5 Å². The molecule has 0 aromatic carbocycles. The summed E-state index contributed by atoms with van der Waals surface area (Å²) in [6, 6.07) is 1.30. The minimum absolute atomic E-state index is 0.0803. The third kappa shape index (κ3) is 5.26. The van der Waals surface area contributed by atoms with E-state index in [4.69, 9.17) is 0 Å². The summed E-state index contributed by atoms with van der Waals surface area (Å²) in [6.07, 6.45) is 10.3. The van der Waals surface area contributed by atoms with Gasteiger partial charge in [-0.2, -0.15) is 0 Å². The van der Waals surface area contributed by atoms with Crippen LogP contribution < -0.4 is 5.32 Å². The molecule has 2 unspecified atom stereocenters. The molecule has 0 saturated carbocycles. The molecule has 0 aliphatic carbocycles. The highest BCUT2D eigenvalue weighted by Crippen LogP contribution is 2.32. The number of amides is 1. The Bertz CT molecular complexity index is 310. The lowest BCUT2D eigenvalue weighted by atomic mass is 9.89. The quantitative estimate of drug-likeness (QED) is 0.642. The van der Waals surface area contributed by atoms with Gasteiger partial charge in [-0.25, -0.2) is 0 Å². The average Bonchev–Trinajstić information content (AvgIpc) is 2.81. The molecule has 0 spiro atoms. The van der Waals surface area contributed by atoms with E-state index in [2.05, 4.69) is 12.2 Å². The second-order valence-electron chi connectivity index (χ2n) is 6.84. The Balaban J connectivity index is 1.75. The number of hydrogen-bond acceptors (Lipinski definition) is 3. The zero-order valence-electron chi connectivity index (χ0n) is 13.5. The Kier molecular flexibility index (Phi) is 6.97. The van der Waals surface area contributed by atoms with Crippen molar-refractivity contribution in [1.29, 1.82) is 0 Å². The fourth-order valence-corrected chi connectivity index (χ4v) is 3.93. The lowest BCUT2D eigenvalue weighted by molar-refractivity contribution is -0.133. The summed E-state index contributed by atoms with van der Waals surface area (Å²) in [7, 11) is 0. The van der Waals surface area contributed by atoms with Crippen molar-refractivity contribution in [2.45, 2.75) is 76.8 Å². The maximum absolute atomic E-state index is 12.5. The van der Waals surface area contributed by atoms with Crippen LogP contribution >= 0.6 is 0 Å². The van der Waals surface area contributed by atoms with Crippen molar-refractivity contribution >= 4 is 5.91 Å². The third-order valence-electron chi connectivity index (χ3n) is 5.04. The number of unbranched alkanes of at least 4 members (excludes halogenated alkanes) is 3. The molecule has 2 heterocycles. The number of piperidine rings is 1. The number of aliphatic hydroxyl groups is 1. The third-order valence-corrected chi connectivity index (χ3v) is 5.04. The maximum atomic E-state index is 12.5. The lowest BCUT2D eigenvalue weighted by Gasteiger charge is -2.30. The second-order valence-corrected chi connectivity index (χ2v) is 6.84. The Labute approximate surface area is 129 Å². The van der Waals surface area contributed by atoms with Gasteiger partial charge in [0.1, 0.15) is 0 Å². The molecule has 2 rings (SSSR count). The first kappa shape index (κ1) is 16.8. The van der Waals surface area contributed by atoms with Crippen LogP contribution in [-0.2, 0) is 4.79 Å². The highest BCUT2D eigenvalue weighted by Gasteiger charge is 2.34. The van der Waals surface area contributed by atoms with E-state index < -0.39 is 0 Å². The molecule has 2 aliphatic rings. The summed E-state index contributed by atoms with van der Waals surface area (Å²) in [4.78, 5) is 14.4. The normalized spacial score (nSPS) is 27.8. The number of fused-ring (bicyclic) bond motifs is 2. The first-order valence-corrected chi connectivity index (χ1v) is 8.87. The lowest BCUT2D eigenvalue weighted by Crippen LogP contribution is -2.41. The highest BCUT2D eigenvalue weighted by molar-refractivity contribution is 5.76. The minimum Gasteiger partial charge on any atom is -0.395 e. The molecule has 2 N–H and O–H groups in total. The van der Waals surface area contributed by atoms with Crippen molar-refractivity contribution in [2.75, 3.05) is 19.7 Å². The zero-order chi connectivity index (χ0) is 15.1. The Morgan fingerprint density at radius 2 is 1.86 bits per heavy atom. The van der Waals surface area contributed by atoms with Crippen LogP contribution in [-0.4, -0.2) is 47.7 Å². The van der Waals surface area contributed by atoms with E-state index in [1.165, 1.54) is 32.1 Å². The largest absolute Gasteiger partial charge is 0.395 e. The van der Waals surface area contributed by atoms with E-state index >= 15 is 0 Å². The van der Waals surface area contributed by atoms with Gasteiger partial charge in [0.15, 0.2) is 0 Å². The van der Waals surface area contributed by atoms with Gasteiger partial charge in [-0.05, 0) is 38.0 Å². The summed E-state index contributed by atoms with van der Waals surface area (Å²) in [6.45, 7) is 3.60. The van der Waals surface area contributed by atoms with Crippen molar-refractivity contribution in [1.82, 2.24) is 10.2 Å². The molecule has 4 heteroatoms. The van der Waals surface area contributed by atoms with Crippen molar-refractivity contribution in [2.24, 2.45) is 5.92 Å². The van der Waals surface area contributed by atoms with Gasteiger partial charge in [0.25, 0.3) is 0 Å². The number of nitrogens with zero attached hydrogens (tertiary/aromatic N) is 1. The van der Waals surface area contributed by atoms with Crippen LogP contribution in [0, 0.1) is 5.92 Å². The van der Waals surface area contributed by atoms with Gasteiger partial charge in [-0.1, -0.05) is 26.2 Å². The van der Waals surface area contributed by atoms with Crippen LogP contribution in [0.1, 0.15) is 64.7 Å². The molecule has 0 aromatic heterocycles. The van der Waals surface area contributed by atoms with Crippen molar-refractivity contribution in [3.8, 4) is 0 Å². The van der Waals surface area contributed by atoms with Gasteiger partial charge in [0, 0.05) is 31.6 Å². The number of carbonyl (C=O) groups is 1. The fourth-order valence-electron chi connectivity index (χ4n) is 3.93. The smallest absolute Gasteiger partial charge is 0.222 e. The highest BCUT2D eigenvalue weighted by atomic mass is 16.3. The Hall–Kier alpha value is -0.610. The fraction of sp³-hybridized carbons (Fsp3) is 0.941. The van der Waals surface area contributed by atoms with Crippen LogP contribution in [0.25, 0.3) is 0 Å². The monoisotopic (exact) mass is 296 g/mol. The molecule has 122 valence electrons. The SMILES string of the molecule is CCCCCCN(CCO)C(=O)CC1CC2CCC(C1)N2. The van der Waals surface area contributed by atoms with Gasteiger partial charge >= 0.3 is 0 Å². The molecular weight excluding hydrogens is 264 g/mol. The van der Waals surface area contributed by atoms with Gasteiger partial charge in [-0.3, -0.25) is 4.79 Å². The Morgan fingerprint density at radius 1 is 1.14 bits per heavy atom. The summed E-state index contributed by atoms with van der Waals surface area (Å²) < 4.78 is 0. The van der Waals surface area contributed by atoms with Crippen LogP contribution in [0.5, 0.6) is 0 Å². The number of nitrogens with one attached hydrogen (secondary N) is 1. The van der Waals surface area contributed by atoms with Gasteiger partial charge in [0.2, 0.25) is 5.91 Å². The summed E-state index contributed by atoms with van der Waals surface area (Å²) >= 11 is 0. The van der Waals surface area contributed by atoms with Crippen molar-refractivity contribution in [3.05, 3.63) is 0 Å². The number of rotatable bonds is 9. The number of carbonyl (C=O) groups excluding carboxylic acids is 1. The molecule has 0 aromatic rings. The Morgan fingerprint density at radius 3 is 2.48 bits per heavy atom. The number of hydrogen-bond donors (Lipinski definition) is 2. The van der Waals surface area contributed by atoms with E-state index in [0.29, 0.717) is 31.0 Å².